The van der Waals surface area contributed by atoms with Crippen LogP contribution in [0.4, 0.5) is 0 Å². The van der Waals surface area contributed by atoms with Crippen LogP contribution in [0.2, 0.25) is 0 Å². The van der Waals surface area contributed by atoms with Gasteiger partial charge in [-0.3, -0.25) is 0 Å². The van der Waals surface area contributed by atoms with Crippen LogP contribution in [0.3, 0.4) is 0 Å². The first-order valence-corrected chi connectivity index (χ1v) is 5.07. The zero-order valence-electron chi connectivity index (χ0n) is 8.84. The molecule has 3 heteroatoms. The molecule has 2 unspecified atom stereocenters. The highest BCUT2D eigenvalue weighted by Gasteiger charge is 2.32. The van der Waals surface area contributed by atoms with E-state index in [1.165, 1.54) is 0 Å². The summed E-state index contributed by atoms with van der Waals surface area (Å²) in [5.41, 5.74) is -0.622. The summed E-state index contributed by atoms with van der Waals surface area (Å²) < 4.78 is 5.16. The van der Waals surface area contributed by atoms with Crippen molar-refractivity contribution in [3.05, 3.63) is 0 Å². The lowest BCUT2D eigenvalue weighted by atomic mass is 10.0. The molecule has 3 nitrogen and oxygen atoms in total. The van der Waals surface area contributed by atoms with E-state index in [4.69, 9.17) is 4.74 Å². The Morgan fingerprint density at radius 1 is 1.46 bits per heavy atom. The first-order chi connectivity index (χ1) is 6.03. The Kier molecular flexibility index (Phi) is 3.71. The van der Waals surface area contributed by atoms with Gasteiger partial charge in [-0.2, -0.15) is 0 Å². The Balaban J connectivity index is 2.24. The quantitative estimate of drug-likeness (QED) is 0.683. The van der Waals surface area contributed by atoms with Gasteiger partial charge in [0.05, 0.1) is 6.61 Å². The molecule has 2 atom stereocenters. The van der Waals surface area contributed by atoms with Gasteiger partial charge in [0.25, 0.3) is 0 Å². The van der Waals surface area contributed by atoms with E-state index in [9.17, 15) is 5.11 Å². The van der Waals surface area contributed by atoms with E-state index in [0.717, 1.165) is 6.42 Å². The summed E-state index contributed by atoms with van der Waals surface area (Å²) >= 11 is 0. The fourth-order valence-corrected chi connectivity index (χ4v) is 1.32. The Labute approximate surface area is 80.5 Å². The molecule has 0 aromatic rings. The van der Waals surface area contributed by atoms with Crippen LogP contribution in [-0.2, 0) is 4.74 Å². The minimum atomic E-state index is -0.622. The largest absolute Gasteiger partial charge is 0.386 e. The summed E-state index contributed by atoms with van der Waals surface area (Å²) in [6.45, 7) is 8.30. The molecule has 1 saturated heterocycles. The van der Waals surface area contributed by atoms with E-state index in [2.05, 4.69) is 26.1 Å². The molecule has 0 aromatic carbocycles. The number of nitrogens with one attached hydrogen (secondary N) is 1. The van der Waals surface area contributed by atoms with Crippen LogP contribution in [-0.4, -0.2) is 36.5 Å². The second-order valence-electron chi connectivity index (χ2n) is 4.44. The van der Waals surface area contributed by atoms with Crippen LogP contribution in [0.25, 0.3) is 0 Å². The van der Waals surface area contributed by atoms with Crippen LogP contribution in [0.15, 0.2) is 0 Å². The normalized spacial score (nSPS) is 31.2. The Bertz CT molecular complexity index is 153. The fourth-order valence-electron chi connectivity index (χ4n) is 1.32. The summed E-state index contributed by atoms with van der Waals surface area (Å²) in [4.78, 5) is 0. The lowest BCUT2D eigenvalue weighted by Crippen LogP contribution is -2.45. The maximum atomic E-state index is 9.93. The molecular formula is C10H21NO2. The van der Waals surface area contributed by atoms with Crippen LogP contribution >= 0.6 is 0 Å². The lowest BCUT2D eigenvalue weighted by molar-refractivity contribution is 0.0241. The van der Waals surface area contributed by atoms with Crippen molar-refractivity contribution in [2.75, 3.05) is 19.8 Å². The predicted octanol–water partition coefficient (Wildman–Crippen LogP) is 0.772. The molecule has 13 heavy (non-hydrogen) atoms. The third-order valence-electron chi connectivity index (χ3n) is 2.84. The summed E-state index contributed by atoms with van der Waals surface area (Å²) in [6.07, 6.45) is 0.755. The van der Waals surface area contributed by atoms with Crippen molar-refractivity contribution in [1.82, 2.24) is 5.32 Å². The molecule has 0 spiro atoms. The Morgan fingerprint density at radius 2 is 2.15 bits per heavy atom. The van der Waals surface area contributed by atoms with Gasteiger partial charge in [0.2, 0.25) is 0 Å². The first-order valence-electron chi connectivity index (χ1n) is 5.07. The van der Waals surface area contributed by atoms with E-state index in [1.54, 1.807) is 0 Å². The minimum absolute atomic E-state index is 0.449. The van der Waals surface area contributed by atoms with E-state index < -0.39 is 5.60 Å². The van der Waals surface area contributed by atoms with Crippen LogP contribution in [0, 0.1) is 5.92 Å². The highest BCUT2D eigenvalue weighted by atomic mass is 16.5. The minimum Gasteiger partial charge on any atom is -0.386 e. The van der Waals surface area contributed by atoms with Crippen molar-refractivity contribution in [3.8, 4) is 0 Å². The topological polar surface area (TPSA) is 41.5 Å². The van der Waals surface area contributed by atoms with Gasteiger partial charge in [-0.1, -0.05) is 13.8 Å². The third-order valence-corrected chi connectivity index (χ3v) is 2.84. The molecular weight excluding hydrogens is 166 g/mol. The van der Waals surface area contributed by atoms with Crippen LogP contribution < -0.4 is 5.32 Å². The van der Waals surface area contributed by atoms with Gasteiger partial charge in [0.15, 0.2) is 0 Å². The maximum absolute atomic E-state index is 9.93. The molecule has 0 saturated carbocycles. The van der Waals surface area contributed by atoms with Crippen molar-refractivity contribution in [2.45, 2.75) is 38.8 Å². The maximum Gasteiger partial charge on any atom is 0.102 e. The molecule has 1 heterocycles. The average Bonchev–Trinajstić information content (AvgIpc) is 2.48. The third kappa shape index (κ3) is 3.25. The van der Waals surface area contributed by atoms with Crippen LogP contribution in [0.5, 0.6) is 0 Å². The molecule has 0 bridgehead atoms. The summed E-state index contributed by atoms with van der Waals surface area (Å²) in [6, 6.07) is 0.449. The van der Waals surface area contributed by atoms with Gasteiger partial charge < -0.3 is 15.2 Å². The van der Waals surface area contributed by atoms with E-state index in [-0.39, 0.29) is 0 Å². The molecule has 78 valence electrons. The number of hydrogen-bond donors (Lipinski definition) is 2. The standard InChI is InChI=1S/C10H21NO2/c1-8(2)9(3)11-6-10(12)4-5-13-7-10/h8-9,11-12H,4-7H2,1-3H3. The summed E-state index contributed by atoms with van der Waals surface area (Å²) in [7, 11) is 0. The second kappa shape index (κ2) is 4.40. The molecule has 2 N–H and O–H groups in total. The zero-order valence-corrected chi connectivity index (χ0v) is 8.84. The van der Waals surface area contributed by atoms with E-state index >= 15 is 0 Å². The SMILES string of the molecule is CC(C)C(C)NCC1(O)CCOC1. The number of ether oxygens (including phenoxy) is 1. The van der Waals surface area contributed by atoms with Crippen molar-refractivity contribution < 1.29 is 9.84 Å². The monoisotopic (exact) mass is 187 g/mol. The van der Waals surface area contributed by atoms with Gasteiger partial charge >= 0.3 is 0 Å². The van der Waals surface area contributed by atoms with Gasteiger partial charge in [0.1, 0.15) is 5.60 Å². The lowest BCUT2D eigenvalue weighted by Gasteiger charge is -2.25. The highest BCUT2D eigenvalue weighted by molar-refractivity contribution is 4.86. The van der Waals surface area contributed by atoms with Crippen molar-refractivity contribution in [3.63, 3.8) is 0 Å². The van der Waals surface area contributed by atoms with Gasteiger partial charge in [0, 0.05) is 25.6 Å². The molecule has 1 aliphatic rings. The number of aliphatic hydroxyl groups is 1. The average molecular weight is 187 g/mol. The van der Waals surface area contributed by atoms with E-state index in [0.29, 0.717) is 31.7 Å². The predicted molar refractivity (Wildman–Crippen MR) is 52.7 cm³/mol. The van der Waals surface area contributed by atoms with Gasteiger partial charge in [-0.05, 0) is 12.8 Å². The Morgan fingerprint density at radius 3 is 2.62 bits per heavy atom. The molecule has 0 radical (unpaired) electrons. The smallest absolute Gasteiger partial charge is 0.102 e. The molecule has 0 aliphatic carbocycles. The molecule has 0 amide bonds. The number of hydrogen-bond acceptors (Lipinski definition) is 3. The molecule has 1 fully saturated rings. The van der Waals surface area contributed by atoms with Crippen molar-refractivity contribution in [2.24, 2.45) is 5.92 Å². The zero-order chi connectivity index (χ0) is 9.90. The molecule has 0 aromatic heterocycles. The fraction of sp³-hybridized carbons (Fsp3) is 1.00. The first kappa shape index (κ1) is 11.0. The highest BCUT2D eigenvalue weighted by Crippen LogP contribution is 2.17. The van der Waals surface area contributed by atoms with Crippen LogP contribution in [0.1, 0.15) is 27.2 Å². The molecule has 1 aliphatic heterocycles. The number of rotatable bonds is 4. The summed E-state index contributed by atoms with van der Waals surface area (Å²) in [5, 5.41) is 13.3. The van der Waals surface area contributed by atoms with Crippen molar-refractivity contribution >= 4 is 0 Å². The van der Waals surface area contributed by atoms with E-state index in [1.807, 2.05) is 0 Å². The molecule has 1 rings (SSSR count). The van der Waals surface area contributed by atoms with Gasteiger partial charge in [-0.15, -0.1) is 0 Å². The summed E-state index contributed by atoms with van der Waals surface area (Å²) in [5.74, 6) is 0.603. The van der Waals surface area contributed by atoms with Crippen molar-refractivity contribution in [1.29, 1.82) is 0 Å². The Hall–Kier alpha value is -0.120. The second-order valence-corrected chi connectivity index (χ2v) is 4.44. The van der Waals surface area contributed by atoms with Gasteiger partial charge in [-0.25, -0.2) is 0 Å².